The van der Waals surface area contributed by atoms with Crippen LogP contribution in [-0.2, 0) is 17.6 Å². The number of benzene rings is 4. The summed E-state index contributed by atoms with van der Waals surface area (Å²) >= 11 is 0. The van der Waals surface area contributed by atoms with E-state index in [1.54, 1.807) is 6.92 Å². The van der Waals surface area contributed by atoms with E-state index in [1.165, 1.54) is 5.56 Å². The van der Waals surface area contributed by atoms with Crippen molar-refractivity contribution in [2.75, 3.05) is 12.3 Å². The summed E-state index contributed by atoms with van der Waals surface area (Å²) < 4.78 is 6.22. The van der Waals surface area contributed by atoms with Crippen LogP contribution in [0.25, 0.3) is 21.9 Å². The lowest BCUT2D eigenvalue weighted by atomic mass is 9.94. The molecule has 33 heavy (non-hydrogen) atoms. The quantitative estimate of drug-likeness (QED) is 0.235. The first kappa shape index (κ1) is 22.4. The molecule has 4 nitrogen and oxygen atoms in total. The number of hydrogen-bond donors (Lipinski definition) is 2. The topological polar surface area (TPSA) is 72.5 Å². The van der Waals surface area contributed by atoms with Crippen LogP contribution in [0.1, 0.15) is 24.5 Å². The van der Waals surface area contributed by atoms with E-state index < -0.39 is 11.9 Å². The minimum atomic E-state index is -0.818. The molecule has 3 N–H and O–H groups in total. The van der Waals surface area contributed by atoms with E-state index in [0.29, 0.717) is 24.5 Å². The predicted octanol–water partition coefficient (Wildman–Crippen LogP) is 6.36. The maximum absolute atomic E-state index is 11.4. The zero-order valence-electron chi connectivity index (χ0n) is 18.8. The Morgan fingerprint density at radius 2 is 1.64 bits per heavy atom. The van der Waals surface area contributed by atoms with Crippen molar-refractivity contribution in [1.29, 1.82) is 0 Å². The van der Waals surface area contributed by atoms with Gasteiger partial charge in [-0.15, -0.1) is 0 Å². The zero-order chi connectivity index (χ0) is 23.2. The van der Waals surface area contributed by atoms with Gasteiger partial charge in [0.2, 0.25) is 0 Å². The van der Waals surface area contributed by atoms with Crippen molar-refractivity contribution in [3.63, 3.8) is 0 Å². The van der Waals surface area contributed by atoms with E-state index in [2.05, 4.69) is 42.5 Å². The van der Waals surface area contributed by atoms with Gasteiger partial charge in [-0.3, -0.25) is 4.79 Å². The number of nitrogen functional groups attached to an aromatic ring is 1. The van der Waals surface area contributed by atoms with Crippen LogP contribution in [0.2, 0.25) is 0 Å². The third kappa shape index (κ3) is 5.53. The fourth-order valence-corrected chi connectivity index (χ4v) is 4.10. The summed E-state index contributed by atoms with van der Waals surface area (Å²) in [6.45, 7) is 2.26. The molecule has 0 spiro atoms. The van der Waals surface area contributed by atoms with Crippen molar-refractivity contribution in [2.45, 2.75) is 26.2 Å². The largest absolute Gasteiger partial charge is 0.491 e. The van der Waals surface area contributed by atoms with Gasteiger partial charge in [-0.2, -0.15) is 0 Å². The van der Waals surface area contributed by atoms with Gasteiger partial charge in [-0.1, -0.05) is 73.7 Å². The maximum atomic E-state index is 11.4. The summed E-state index contributed by atoms with van der Waals surface area (Å²) in [5.74, 6) is -0.654. The number of carboxylic acid groups (broad SMARTS) is 1. The third-order valence-electron chi connectivity index (χ3n) is 5.90. The molecule has 0 aromatic heterocycles. The van der Waals surface area contributed by atoms with Gasteiger partial charge in [0.1, 0.15) is 5.75 Å². The first-order valence-electron chi connectivity index (χ1n) is 11.3. The molecule has 0 aliphatic carbocycles. The molecule has 0 saturated carbocycles. The smallest absolute Gasteiger partial charge is 0.306 e. The summed E-state index contributed by atoms with van der Waals surface area (Å²) in [4.78, 5) is 11.4. The molecule has 4 aromatic carbocycles. The summed E-state index contributed by atoms with van der Waals surface area (Å²) in [5.41, 5.74) is 11.0. The second-order valence-electron chi connectivity index (χ2n) is 8.50. The Hall–Kier alpha value is -3.79. The summed E-state index contributed by atoms with van der Waals surface area (Å²) in [6.07, 6.45) is 2.22. The van der Waals surface area contributed by atoms with E-state index in [-0.39, 0.29) is 0 Å². The molecule has 0 heterocycles. The second kappa shape index (κ2) is 10.2. The molecule has 4 aromatic rings. The summed E-state index contributed by atoms with van der Waals surface area (Å²) in [7, 11) is 0. The van der Waals surface area contributed by atoms with Gasteiger partial charge in [0, 0.05) is 5.56 Å². The second-order valence-corrected chi connectivity index (χ2v) is 8.50. The lowest BCUT2D eigenvalue weighted by molar-refractivity contribution is -0.141. The number of hydrogen-bond acceptors (Lipinski definition) is 3. The van der Waals surface area contributed by atoms with E-state index >= 15 is 0 Å². The molecule has 168 valence electrons. The highest BCUT2D eigenvalue weighted by atomic mass is 16.5. The van der Waals surface area contributed by atoms with Crippen LogP contribution in [0, 0.1) is 5.92 Å². The normalized spacial score (nSPS) is 11.9. The highest BCUT2D eigenvalue weighted by molar-refractivity contribution is 5.89. The summed E-state index contributed by atoms with van der Waals surface area (Å²) in [6, 6.07) is 28.7. The first-order chi connectivity index (χ1) is 16.0. The Morgan fingerprint density at radius 1 is 0.909 bits per heavy atom. The number of nitrogens with two attached hydrogens (primary N) is 1. The van der Waals surface area contributed by atoms with Crippen molar-refractivity contribution >= 4 is 22.4 Å². The Bertz CT molecular complexity index is 1250. The molecule has 0 aliphatic heterocycles. The number of ether oxygens (including phenoxy) is 1. The number of aliphatic carboxylic acids is 1. The molecule has 0 radical (unpaired) electrons. The number of anilines is 1. The van der Waals surface area contributed by atoms with Crippen molar-refractivity contribution in [1.82, 2.24) is 0 Å². The average molecular weight is 440 g/mol. The van der Waals surface area contributed by atoms with Gasteiger partial charge >= 0.3 is 5.97 Å². The molecule has 0 bridgehead atoms. The predicted molar refractivity (Wildman–Crippen MR) is 135 cm³/mol. The minimum absolute atomic E-state index is 0.411. The lowest BCUT2D eigenvalue weighted by Gasteiger charge is -2.17. The zero-order valence-corrected chi connectivity index (χ0v) is 18.8. The Labute approximate surface area is 194 Å². The Balaban J connectivity index is 1.64. The van der Waals surface area contributed by atoms with Gasteiger partial charge in [-0.05, 0) is 64.9 Å². The van der Waals surface area contributed by atoms with Crippen LogP contribution in [-0.4, -0.2) is 17.7 Å². The van der Waals surface area contributed by atoms with Crippen molar-refractivity contribution in [3.8, 4) is 16.9 Å². The third-order valence-corrected chi connectivity index (χ3v) is 5.90. The van der Waals surface area contributed by atoms with Crippen LogP contribution >= 0.6 is 0 Å². The monoisotopic (exact) mass is 439 g/mol. The first-order valence-corrected chi connectivity index (χ1v) is 11.3. The van der Waals surface area contributed by atoms with Crippen LogP contribution in [0.4, 0.5) is 5.69 Å². The Kier molecular flexibility index (Phi) is 6.94. The molecule has 0 fully saturated rings. The lowest BCUT2D eigenvalue weighted by Crippen LogP contribution is -2.13. The van der Waals surface area contributed by atoms with Gasteiger partial charge in [0.05, 0.1) is 18.2 Å². The number of carbonyl (C=O) groups is 1. The molecular weight excluding hydrogens is 410 g/mol. The van der Waals surface area contributed by atoms with Crippen molar-refractivity contribution in [2.24, 2.45) is 5.92 Å². The van der Waals surface area contributed by atoms with E-state index in [0.717, 1.165) is 40.3 Å². The van der Waals surface area contributed by atoms with Gasteiger partial charge in [0.15, 0.2) is 0 Å². The molecule has 4 heteroatoms. The summed E-state index contributed by atoms with van der Waals surface area (Å²) in [5, 5.41) is 11.6. The SMILES string of the molecule is CC(Cc1cc(N)c(OCCCc2ccccc2)c(-c2ccc3ccccc3c2)c1)C(=O)O. The van der Waals surface area contributed by atoms with E-state index in [4.69, 9.17) is 10.5 Å². The maximum Gasteiger partial charge on any atom is 0.306 e. The highest BCUT2D eigenvalue weighted by Crippen LogP contribution is 2.38. The number of fused-ring (bicyclic) bond motifs is 1. The van der Waals surface area contributed by atoms with Gasteiger partial charge in [-0.25, -0.2) is 0 Å². The molecule has 1 unspecified atom stereocenters. The van der Waals surface area contributed by atoms with Gasteiger partial charge in [0.25, 0.3) is 0 Å². The minimum Gasteiger partial charge on any atom is -0.491 e. The number of aryl methyl sites for hydroxylation is 1. The fraction of sp³-hybridized carbons (Fsp3) is 0.207. The average Bonchev–Trinajstić information content (AvgIpc) is 2.83. The van der Waals surface area contributed by atoms with Crippen LogP contribution < -0.4 is 10.5 Å². The molecule has 0 saturated heterocycles. The van der Waals surface area contributed by atoms with E-state index in [1.807, 2.05) is 42.5 Å². The fourth-order valence-electron chi connectivity index (χ4n) is 4.10. The molecule has 1 atom stereocenters. The van der Waals surface area contributed by atoms with Crippen LogP contribution in [0.15, 0.2) is 84.9 Å². The van der Waals surface area contributed by atoms with E-state index in [9.17, 15) is 9.90 Å². The molecule has 0 amide bonds. The molecular formula is C29H29NO3. The standard InChI is InChI=1S/C29H29NO3/c1-20(29(31)32)16-22-17-26(25-14-13-23-11-5-6-12-24(23)19-25)28(27(30)18-22)33-15-7-10-21-8-3-2-4-9-21/h2-6,8-9,11-14,17-20H,7,10,15-16,30H2,1H3,(H,31,32). The van der Waals surface area contributed by atoms with Crippen LogP contribution in [0.3, 0.4) is 0 Å². The molecule has 4 rings (SSSR count). The molecule has 0 aliphatic rings. The number of carboxylic acids is 1. The Morgan fingerprint density at radius 3 is 2.39 bits per heavy atom. The van der Waals surface area contributed by atoms with Crippen LogP contribution in [0.5, 0.6) is 5.75 Å². The van der Waals surface area contributed by atoms with Gasteiger partial charge < -0.3 is 15.6 Å². The van der Waals surface area contributed by atoms with Crippen molar-refractivity contribution in [3.05, 3.63) is 96.1 Å². The highest BCUT2D eigenvalue weighted by Gasteiger charge is 2.17. The number of rotatable bonds is 9. The van der Waals surface area contributed by atoms with Crippen molar-refractivity contribution < 1.29 is 14.6 Å².